The van der Waals surface area contributed by atoms with Crippen molar-refractivity contribution in [3.05, 3.63) is 29.6 Å². The summed E-state index contributed by atoms with van der Waals surface area (Å²) in [5.41, 5.74) is 8.13. The number of nitrogens with zero attached hydrogens (tertiary/aromatic N) is 1. The molecule has 0 saturated heterocycles. The highest BCUT2D eigenvalue weighted by Crippen LogP contribution is 2.22. The fourth-order valence-electron chi connectivity index (χ4n) is 1.36. The molecule has 1 aromatic rings. The predicted octanol–water partition coefficient (Wildman–Crippen LogP) is 2.09. The zero-order valence-electron chi connectivity index (χ0n) is 8.62. The van der Waals surface area contributed by atoms with Crippen molar-refractivity contribution < 1.29 is 0 Å². The third-order valence-corrected chi connectivity index (χ3v) is 2.65. The first-order chi connectivity index (χ1) is 6.15. The third-order valence-electron chi connectivity index (χ3n) is 2.65. The monoisotopic (exact) mass is 178 g/mol. The van der Waals surface area contributed by atoms with Gasteiger partial charge in [0.05, 0.1) is 0 Å². The number of hydrogen-bond acceptors (Lipinski definition) is 2. The Labute approximate surface area is 80.2 Å². The molecule has 0 fully saturated rings. The van der Waals surface area contributed by atoms with Crippen LogP contribution in [0.4, 0.5) is 0 Å². The van der Waals surface area contributed by atoms with Crippen LogP contribution in [0.3, 0.4) is 0 Å². The van der Waals surface area contributed by atoms with E-state index in [-0.39, 0.29) is 0 Å². The van der Waals surface area contributed by atoms with Gasteiger partial charge in [-0.3, -0.25) is 4.98 Å². The van der Waals surface area contributed by atoms with Crippen molar-refractivity contribution in [2.24, 2.45) is 11.7 Å². The second-order valence-corrected chi connectivity index (χ2v) is 3.80. The fraction of sp³-hybridized carbons (Fsp3) is 0.545. The van der Waals surface area contributed by atoms with E-state index in [0.29, 0.717) is 11.8 Å². The van der Waals surface area contributed by atoms with Gasteiger partial charge in [-0.05, 0) is 36.4 Å². The molecular formula is C11H18N2. The van der Waals surface area contributed by atoms with Crippen molar-refractivity contribution >= 4 is 0 Å². The summed E-state index contributed by atoms with van der Waals surface area (Å²) in [4.78, 5) is 4.18. The molecule has 0 radical (unpaired) electrons. The summed E-state index contributed by atoms with van der Waals surface area (Å²) >= 11 is 0. The maximum absolute atomic E-state index is 5.63. The molecule has 1 aromatic heterocycles. The molecule has 0 saturated carbocycles. The number of nitrogens with two attached hydrogens (primary N) is 1. The number of aromatic nitrogens is 1. The molecule has 0 aliphatic heterocycles. The number of pyridine rings is 1. The fourth-order valence-corrected chi connectivity index (χ4v) is 1.36. The van der Waals surface area contributed by atoms with E-state index in [0.717, 1.165) is 6.54 Å². The molecule has 13 heavy (non-hydrogen) atoms. The summed E-state index contributed by atoms with van der Waals surface area (Å²) in [5.74, 6) is 1.01. The van der Waals surface area contributed by atoms with Gasteiger partial charge in [0, 0.05) is 12.4 Å². The Hall–Kier alpha value is -0.890. The van der Waals surface area contributed by atoms with Crippen LogP contribution in [0.25, 0.3) is 0 Å². The van der Waals surface area contributed by atoms with Gasteiger partial charge < -0.3 is 5.73 Å². The molecule has 1 heterocycles. The van der Waals surface area contributed by atoms with Gasteiger partial charge in [0.2, 0.25) is 0 Å². The van der Waals surface area contributed by atoms with Crippen molar-refractivity contribution in [2.45, 2.75) is 26.7 Å². The molecule has 0 aliphatic rings. The normalized spacial score (nSPS) is 15.4. The third kappa shape index (κ3) is 2.52. The van der Waals surface area contributed by atoms with Crippen LogP contribution in [0.5, 0.6) is 0 Å². The highest BCUT2D eigenvalue weighted by atomic mass is 14.6. The molecule has 0 spiro atoms. The molecule has 2 atom stereocenters. The molecule has 0 bridgehead atoms. The summed E-state index contributed by atoms with van der Waals surface area (Å²) in [6.45, 7) is 7.17. The average Bonchev–Trinajstić information content (AvgIpc) is 2.15. The van der Waals surface area contributed by atoms with E-state index in [1.807, 2.05) is 12.4 Å². The maximum atomic E-state index is 5.63. The van der Waals surface area contributed by atoms with Crippen LogP contribution >= 0.6 is 0 Å². The summed E-state index contributed by atoms with van der Waals surface area (Å²) in [5, 5.41) is 0. The topological polar surface area (TPSA) is 38.9 Å². The Bertz CT molecular complexity index is 271. The van der Waals surface area contributed by atoms with Crippen LogP contribution in [0.2, 0.25) is 0 Å². The van der Waals surface area contributed by atoms with Gasteiger partial charge >= 0.3 is 0 Å². The van der Waals surface area contributed by atoms with Gasteiger partial charge in [-0.1, -0.05) is 19.9 Å². The van der Waals surface area contributed by atoms with E-state index in [2.05, 4.69) is 31.8 Å². The lowest BCUT2D eigenvalue weighted by atomic mass is 9.89. The molecule has 2 nitrogen and oxygen atoms in total. The van der Waals surface area contributed by atoms with Crippen LogP contribution in [-0.2, 0) is 0 Å². The van der Waals surface area contributed by atoms with E-state index in [4.69, 9.17) is 5.73 Å². The Morgan fingerprint density at radius 1 is 1.38 bits per heavy atom. The van der Waals surface area contributed by atoms with Crippen LogP contribution < -0.4 is 5.73 Å². The highest BCUT2D eigenvalue weighted by molar-refractivity contribution is 5.20. The first kappa shape index (κ1) is 10.2. The van der Waals surface area contributed by atoms with Gasteiger partial charge in [-0.25, -0.2) is 0 Å². The first-order valence-electron chi connectivity index (χ1n) is 4.76. The summed E-state index contributed by atoms with van der Waals surface area (Å²) in [6.07, 6.45) is 3.81. The number of hydrogen-bond donors (Lipinski definition) is 1. The summed E-state index contributed by atoms with van der Waals surface area (Å²) < 4.78 is 0. The zero-order chi connectivity index (χ0) is 9.84. The van der Waals surface area contributed by atoms with Gasteiger partial charge in [0.25, 0.3) is 0 Å². The maximum Gasteiger partial charge on any atom is 0.0302 e. The first-order valence-corrected chi connectivity index (χ1v) is 4.76. The quantitative estimate of drug-likeness (QED) is 0.769. The van der Waals surface area contributed by atoms with Crippen LogP contribution in [0.15, 0.2) is 18.5 Å². The molecular weight excluding hydrogens is 160 g/mol. The van der Waals surface area contributed by atoms with Gasteiger partial charge in [-0.15, -0.1) is 0 Å². The molecule has 2 heteroatoms. The molecule has 2 unspecified atom stereocenters. The number of aryl methyl sites for hydroxylation is 1. The van der Waals surface area contributed by atoms with Gasteiger partial charge in [0.15, 0.2) is 0 Å². The van der Waals surface area contributed by atoms with Crippen LogP contribution in [0.1, 0.15) is 30.9 Å². The van der Waals surface area contributed by atoms with E-state index in [1.165, 1.54) is 11.1 Å². The Kier molecular flexibility index (Phi) is 3.43. The van der Waals surface area contributed by atoms with Crippen LogP contribution in [0, 0.1) is 12.8 Å². The Balaban J connectivity index is 2.82. The van der Waals surface area contributed by atoms with E-state index in [1.54, 1.807) is 0 Å². The molecule has 72 valence electrons. The average molecular weight is 178 g/mol. The standard InChI is InChI=1S/C11H18N2/c1-8-4-11(7-13-6-8)10(3)9(2)5-12/h4,6-7,9-10H,5,12H2,1-3H3. The molecule has 1 rings (SSSR count). The van der Waals surface area contributed by atoms with Crippen molar-refractivity contribution in [2.75, 3.05) is 6.54 Å². The number of rotatable bonds is 3. The van der Waals surface area contributed by atoms with E-state index >= 15 is 0 Å². The van der Waals surface area contributed by atoms with E-state index < -0.39 is 0 Å². The lowest BCUT2D eigenvalue weighted by molar-refractivity contribution is 0.497. The smallest absolute Gasteiger partial charge is 0.0302 e. The molecule has 0 aliphatic carbocycles. The predicted molar refractivity (Wildman–Crippen MR) is 55.6 cm³/mol. The van der Waals surface area contributed by atoms with Gasteiger partial charge in [-0.2, -0.15) is 0 Å². The second-order valence-electron chi connectivity index (χ2n) is 3.80. The lowest BCUT2D eigenvalue weighted by Crippen LogP contribution is -2.17. The second kappa shape index (κ2) is 4.38. The van der Waals surface area contributed by atoms with Crippen molar-refractivity contribution in [3.63, 3.8) is 0 Å². The van der Waals surface area contributed by atoms with Crippen LogP contribution in [-0.4, -0.2) is 11.5 Å². The SMILES string of the molecule is Cc1cncc(C(C)C(C)CN)c1. The van der Waals surface area contributed by atoms with Crippen molar-refractivity contribution in [3.8, 4) is 0 Å². The largest absolute Gasteiger partial charge is 0.330 e. The summed E-state index contributed by atoms with van der Waals surface area (Å²) in [7, 11) is 0. The zero-order valence-corrected chi connectivity index (χ0v) is 8.62. The van der Waals surface area contributed by atoms with Gasteiger partial charge in [0.1, 0.15) is 0 Å². The van der Waals surface area contributed by atoms with Crippen molar-refractivity contribution in [1.82, 2.24) is 4.98 Å². The lowest BCUT2D eigenvalue weighted by Gasteiger charge is -2.18. The molecule has 0 amide bonds. The Morgan fingerprint density at radius 3 is 2.62 bits per heavy atom. The van der Waals surface area contributed by atoms with E-state index in [9.17, 15) is 0 Å². The summed E-state index contributed by atoms with van der Waals surface area (Å²) in [6, 6.07) is 2.18. The minimum atomic E-state index is 0.498. The molecule has 0 aromatic carbocycles. The molecule has 2 N–H and O–H groups in total. The minimum absolute atomic E-state index is 0.498. The van der Waals surface area contributed by atoms with Crippen molar-refractivity contribution in [1.29, 1.82) is 0 Å². The Morgan fingerprint density at radius 2 is 2.08 bits per heavy atom. The highest BCUT2D eigenvalue weighted by Gasteiger charge is 2.12. The minimum Gasteiger partial charge on any atom is -0.330 e.